The van der Waals surface area contributed by atoms with Gasteiger partial charge in [-0.3, -0.25) is 0 Å². The van der Waals surface area contributed by atoms with E-state index < -0.39 is 0 Å². The van der Waals surface area contributed by atoms with Gasteiger partial charge < -0.3 is 5.11 Å². The Bertz CT molecular complexity index is 514. The van der Waals surface area contributed by atoms with Crippen molar-refractivity contribution in [2.75, 3.05) is 0 Å². The molecule has 0 aliphatic heterocycles. The maximum atomic E-state index is 9.50. The zero-order valence-corrected chi connectivity index (χ0v) is 10.3. The molecule has 1 N–H and O–H groups in total. The van der Waals surface area contributed by atoms with E-state index in [9.17, 15) is 5.11 Å². The number of halogens is 1. The Kier molecular flexibility index (Phi) is 5.16. The molecule has 1 radical (unpaired) electrons. The Morgan fingerprint density at radius 2 is 1.94 bits per heavy atom. The van der Waals surface area contributed by atoms with Gasteiger partial charge in [-0.15, -0.1) is 0 Å². The summed E-state index contributed by atoms with van der Waals surface area (Å²) in [6.07, 6.45) is 3.09. The standard InChI is InChI=1S/C12H9ClN2O.Cu/c13-10-5-6-12(15-8-10)14-7-9-3-1-2-4-11(9)16;/h1-8,16H;/q;+2. The molecule has 0 unspecified atom stereocenters. The van der Waals surface area contributed by atoms with Crippen LogP contribution in [0, 0.1) is 0 Å². The fraction of sp³-hybridized carbons (Fsp3) is 0. The first-order valence-electron chi connectivity index (χ1n) is 4.69. The van der Waals surface area contributed by atoms with Gasteiger partial charge in [0.1, 0.15) is 5.75 Å². The molecular weight excluding hydrogens is 287 g/mol. The molecule has 2 aromatic rings. The molecule has 0 bridgehead atoms. The Balaban J connectivity index is 0.00000144. The van der Waals surface area contributed by atoms with Crippen molar-refractivity contribution in [3.63, 3.8) is 0 Å². The predicted molar refractivity (Wildman–Crippen MR) is 64.6 cm³/mol. The molecule has 5 heteroatoms. The van der Waals surface area contributed by atoms with Gasteiger partial charge in [0.05, 0.1) is 5.02 Å². The predicted octanol–water partition coefficient (Wildman–Crippen LogP) is 3.19. The minimum absolute atomic E-state index is 0. The Labute approximate surface area is 115 Å². The number of phenols is 1. The van der Waals surface area contributed by atoms with Crippen LogP contribution < -0.4 is 0 Å². The summed E-state index contributed by atoms with van der Waals surface area (Å²) in [6.45, 7) is 0. The van der Waals surface area contributed by atoms with Crippen LogP contribution in [-0.2, 0) is 17.1 Å². The molecule has 1 aromatic heterocycles. The normalized spacial score (nSPS) is 10.2. The summed E-state index contributed by atoms with van der Waals surface area (Å²) in [4.78, 5) is 8.14. The molecule has 17 heavy (non-hydrogen) atoms. The van der Waals surface area contributed by atoms with Crippen molar-refractivity contribution >= 4 is 23.6 Å². The fourth-order valence-electron chi connectivity index (χ4n) is 1.18. The van der Waals surface area contributed by atoms with Crippen LogP contribution in [-0.4, -0.2) is 16.3 Å². The maximum Gasteiger partial charge on any atom is 2.00 e. The van der Waals surface area contributed by atoms with Gasteiger partial charge >= 0.3 is 17.1 Å². The van der Waals surface area contributed by atoms with Crippen molar-refractivity contribution < 1.29 is 22.2 Å². The molecule has 0 amide bonds. The molecule has 0 aliphatic rings. The first-order valence-corrected chi connectivity index (χ1v) is 5.07. The molecule has 0 atom stereocenters. The van der Waals surface area contributed by atoms with Crippen molar-refractivity contribution in [2.45, 2.75) is 0 Å². The maximum absolute atomic E-state index is 9.50. The van der Waals surface area contributed by atoms with Crippen LogP contribution >= 0.6 is 11.6 Å². The van der Waals surface area contributed by atoms with Gasteiger partial charge in [-0.25, -0.2) is 9.98 Å². The van der Waals surface area contributed by atoms with E-state index >= 15 is 0 Å². The molecule has 0 fully saturated rings. The van der Waals surface area contributed by atoms with E-state index in [0.717, 1.165) is 0 Å². The average molecular weight is 296 g/mol. The van der Waals surface area contributed by atoms with Gasteiger partial charge in [-0.2, -0.15) is 0 Å². The number of rotatable bonds is 2. The average Bonchev–Trinajstić information content (AvgIpc) is 2.30. The molecule has 0 spiro atoms. The molecule has 0 saturated carbocycles. The number of pyridine rings is 1. The van der Waals surface area contributed by atoms with Gasteiger partial charge in [0, 0.05) is 18.0 Å². The number of aromatic hydroxyl groups is 1. The summed E-state index contributed by atoms with van der Waals surface area (Å²) in [5.74, 6) is 0.743. The quantitative estimate of drug-likeness (QED) is 0.683. The largest absolute Gasteiger partial charge is 2.00 e. The number of benzene rings is 1. The summed E-state index contributed by atoms with van der Waals surface area (Å²) in [6, 6.07) is 10.4. The van der Waals surface area contributed by atoms with Gasteiger partial charge in [-0.05, 0) is 24.3 Å². The van der Waals surface area contributed by atoms with Gasteiger partial charge in [0.15, 0.2) is 5.82 Å². The van der Waals surface area contributed by atoms with Crippen LogP contribution in [0.25, 0.3) is 0 Å². The zero-order chi connectivity index (χ0) is 11.4. The van der Waals surface area contributed by atoms with E-state index in [0.29, 0.717) is 16.4 Å². The summed E-state index contributed by atoms with van der Waals surface area (Å²) in [5, 5.41) is 10.1. The molecular formula is C12H9ClCuN2O+2. The summed E-state index contributed by atoms with van der Waals surface area (Å²) < 4.78 is 0. The first kappa shape index (κ1) is 13.7. The smallest absolute Gasteiger partial charge is 0.507 e. The molecule has 3 nitrogen and oxygen atoms in total. The zero-order valence-electron chi connectivity index (χ0n) is 8.64. The van der Waals surface area contributed by atoms with Crippen LogP contribution in [0.15, 0.2) is 47.6 Å². The molecule has 1 heterocycles. The second-order valence-corrected chi connectivity index (χ2v) is 3.59. The Morgan fingerprint density at radius 1 is 1.18 bits per heavy atom. The number of hydrogen-bond donors (Lipinski definition) is 1. The van der Waals surface area contributed by atoms with Crippen LogP contribution in [0.1, 0.15) is 5.56 Å². The summed E-state index contributed by atoms with van der Waals surface area (Å²) in [7, 11) is 0. The Morgan fingerprint density at radius 3 is 2.59 bits per heavy atom. The third kappa shape index (κ3) is 3.86. The second-order valence-electron chi connectivity index (χ2n) is 3.15. The van der Waals surface area contributed by atoms with Crippen LogP contribution in [0.3, 0.4) is 0 Å². The fourth-order valence-corrected chi connectivity index (χ4v) is 1.29. The topological polar surface area (TPSA) is 45.5 Å². The van der Waals surface area contributed by atoms with Crippen LogP contribution in [0.5, 0.6) is 5.75 Å². The summed E-state index contributed by atoms with van der Waals surface area (Å²) in [5.41, 5.74) is 0.652. The van der Waals surface area contributed by atoms with E-state index in [4.69, 9.17) is 11.6 Å². The third-order valence-electron chi connectivity index (χ3n) is 1.98. The molecule has 89 valence electrons. The number of phenolic OH excluding ortho intramolecular Hbond substituents is 1. The molecule has 0 saturated heterocycles. The summed E-state index contributed by atoms with van der Waals surface area (Å²) >= 11 is 5.70. The minimum Gasteiger partial charge on any atom is -0.507 e. The van der Waals surface area contributed by atoms with E-state index in [-0.39, 0.29) is 22.8 Å². The Hall–Kier alpha value is -1.35. The van der Waals surface area contributed by atoms with E-state index in [2.05, 4.69) is 9.98 Å². The van der Waals surface area contributed by atoms with Crippen LogP contribution in [0.2, 0.25) is 5.02 Å². The number of aliphatic imine (C=N–C) groups is 1. The number of nitrogens with zero attached hydrogens (tertiary/aromatic N) is 2. The third-order valence-corrected chi connectivity index (χ3v) is 2.21. The van der Waals surface area contributed by atoms with E-state index in [1.54, 1.807) is 36.5 Å². The van der Waals surface area contributed by atoms with Crippen molar-refractivity contribution in [3.8, 4) is 5.75 Å². The van der Waals surface area contributed by atoms with E-state index in [1.165, 1.54) is 6.20 Å². The van der Waals surface area contributed by atoms with Crippen molar-refractivity contribution in [1.29, 1.82) is 0 Å². The molecule has 1 aromatic carbocycles. The van der Waals surface area contributed by atoms with E-state index in [1.807, 2.05) is 6.07 Å². The van der Waals surface area contributed by atoms with Crippen molar-refractivity contribution in [1.82, 2.24) is 4.98 Å². The van der Waals surface area contributed by atoms with Gasteiger partial charge in [-0.1, -0.05) is 23.7 Å². The van der Waals surface area contributed by atoms with Gasteiger partial charge in [0.2, 0.25) is 0 Å². The SMILES string of the molecule is Oc1ccccc1C=Nc1ccc(Cl)cn1.[Cu+2]. The molecule has 2 rings (SSSR count). The number of para-hydroxylation sites is 1. The number of hydrogen-bond acceptors (Lipinski definition) is 3. The van der Waals surface area contributed by atoms with Crippen molar-refractivity contribution in [3.05, 3.63) is 53.2 Å². The first-order chi connectivity index (χ1) is 7.75. The van der Waals surface area contributed by atoms with Crippen LogP contribution in [0.4, 0.5) is 5.82 Å². The second kappa shape index (κ2) is 6.40. The molecule has 0 aliphatic carbocycles. The monoisotopic (exact) mass is 295 g/mol. The number of aromatic nitrogens is 1. The minimum atomic E-state index is 0. The van der Waals surface area contributed by atoms with Gasteiger partial charge in [0.25, 0.3) is 0 Å². The van der Waals surface area contributed by atoms with Crippen molar-refractivity contribution in [2.24, 2.45) is 4.99 Å².